The molecular formula is C13H18ClFN2O4S. The zero-order chi connectivity index (χ0) is 15.6. The fourth-order valence-electron chi connectivity index (χ4n) is 2.00. The molecule has 1 aliphatic rings. The monoisotopic (exact) mass is 352 g/mol. The third-order valence-electron chi connectivity index (χ3n) is 3.39. The largest absolute Gasteiger partial charge is 0.465 e. The third-order valence-corrected chi connectivity index (χ3v) is 4.86. The lowest BCUT2D eigenvalue weighted by atomic mass is 10.2. The van der Waals surface area contributed by atoms with Crippen LogP contribution in [-0.2, 0) is 14.8 Å². The van der Waals surface area contributed by atoms with Gasteiger partial charge in [0, 0.05) is 12.6 Å². The average Bonchev–Trinajstić information content (AvgIpc) is 3.28. The summed E-state index contributed by atoms with van der Waals surface area (Å²) in [7, 11) is -2.98. The minimum absolute atomic E-state index is 0. The van der Waals surface area contributed by atoms with Gasteiger partial charge in [-0.3, -0.25) is 0 Å². The summed E-state index contributed by atoms with van der Waals surface area (Å²) in [4.78, 5) is 11.1. The number of rotatable bonds is 6. The Hall–Kier alpha value is -1.22. The van der Waals surface area contributed by atoms with E-state index in [1.54, 1.807) is 0 Å². The summed E-state index contributed by atoms with van der Waals surface area (Å²) < 4.78 is 44.9. The summed E-state index contributed by atoms with van der Waals surface area (Å²) in [5, 5.41) is 0. The molecule has 2 rings (SSSR count). The smallest absolute Gasteiger partial charge is 0.342 e. The highest BCUT2D eigenvalue weighted by Crippen LogP contribution is 2.31. The summed E-state index contributed by atoms with van der Waals surface area (Å²) in [6.07, 6.45) is 1.96. The van der Waals surface area contributed by atoms with E-state index in [0.29, 0.717) is 5.92 Å². The molecule has 0 spiro atoms. The van der Waals surface area contributed by atoms with Crippen LogP contribution in [0.1, 0.15) is 23.2 Å². The molecule has 0 amide bonds. The fourth-order valence-corrected chi connectivity index (χ4v) is 3.28. The first-order valence-electron chi connectivity index (χ1n) is 6.49. The van der Waals surface area contributed by atoms with Crippen molar-refractivity contribution in [2.45, 2.75) is 23.8 Å². The highest BCUT2D eigenvalue weighted by molar-refractivity contribution is 7.89. The van der Waals surface area contributed by atoms with E-state index in [4.69, 9.17) is 5.73 Å². The Morgan fingerprint density at radius 3 is 2.68 bits per heavy atom. The van der Waals surface area contributed by atoms with Crippen LogP contribution in [0.4, 0.5) is 4.39 Å². The van der Waals surface area contributed by atoms with Crippen LogP contribution in [0.2, 0.25) is 0 Å². The van der Waals surface area contributed by atoms with Gasteiger partial charge in [0.05, 0.1) is 12.0 Å². The van der Waals surface area contributed by atoms with E-state index in [2.05, 4.69) is 9.46 Å². The maximum Gasteiger partial charge on any atom is 0.342 e. The van der Waals surface area contributed by atoms with Crippen LogP contribution in [0.3, 0.4) is 0 Å². The zero-order valence-corrected chi connectivity index (χ0v) is 13.5. The summed E-state index contributed by atoms with van der Waals surface area (Å²) in [6, 6.07) is 3.09. The molecule has 124 valence electrons. The number of ether oxygens (including phenoxy) is 1. The number of hydrogen-bond acceptors (Lipinski definition) is 5. The quantitative estimate of drug-likeness (QED) is 0.746. The number of esters is 1. The van der Waals surface area contributed by atoms with Gasteiger partial charge in [0.2, 0.25) is 10.0 Å². The van der Waals surface area contributed by atoms with Gasteiger partial charge >= 0.3 is 5.97 Å². The molecule has 22 heavy (non-hydrogen) atoms. The molecular weight excluding hydrogens is 335 g/mol. The first kappa shape index (κ1) is 18.8. The second-order valence-electron chi connectivity index (χ2n) is 4.96. The first-order chi connectivity index (χ1) is 9.86. The lowest BCUT2D eigenvalue weighted by Crippen LogP contribution is -2.39. The normalized spacial score (nSPS) is 15.8. The van der Waals surface area contributed by atoms with Gasteiger partial charge in [-0.05, 0) is 30.9 Å². The lowest BCUT2D eigenvalue weighted by Gasteiger charge is -2.14. The number of carbonyl (C=O) groups is 1. The fraction of sp³-hybridized carbons (Fsp3) is 0.462. The lowest BCUT2D eigenvalue weighted by molar-refractivity contribution is 0.0590. The van der Waals surface area contributed by atoms with Crippen molar-refractivity contribution in [1.82, 2.24) is 4.72 Å². The molecule has 1 unspecified atom stereocenters. The summed E-state index contributed by atoms with van der Waals surface area (Å²) in [5.41, 5.74) is 5.22. The zero-order valence-electron chi connectivity index (χ0n) is 11.9. The minimum Gasteiger partial charge on any atom is -0.465 e. The van der Waals surface area contributed by atoms with E-state index >= 15 is 0 Å². The number of methoxy groups -OCH3 is 1. The maximum absolute atomic E-state index is 13.7. The number of nitrogens with one attached hydrogen (secondary N) is 1. The molecule has 1 fully saturated rings. The van der Waals surface area contributed by atoms with Gasteiger partial charge in [-0.15, -0.1) is 12.4 Å². The Kier molecular flexibility index (Phi) is 6.30. The van der Waals surface area contributed by atoms with Gasteiger partial charge < -0.3 is 10.5 Å². The van der Waals surface area contributed by atoms with E-state index < -0.39 is 32.3 Å². The molecule has 0 radical (unpaired) electrons. The van der Waals surface area contributed by atoms with Gasteiger partial charge in [-0.25, -0.2) is 22.3 Å². The molecule has 1 aliphatic carbocycles. The van der Waals surface area contributed by atoms with Crippen LogP contribution in [0, 0.1) is 11.7 Å². The third kappa shape index (κ3) is 4.16. The molecule has 1 saturated carbocycles. The van der Waals surface area contributed by atoms with Crippen LogP contribution >= 0.6 is 12.4 Å². The second kappa shape index (κ2) is 7.36. The highest BCUT2D eigenvalue weighted by Gasteiger charge is 2.31. The predicted molar refractivity (Wildman–Crippen MR) is 80.9 cm³/mol. The van der Waals surface area contributed by atoms with Crippen LogP contribution in [-0.4, -0.2) is 34.1 Å². The Balaban J connectivity index is 0.00000242. The Morgan fingerprint density at radius 2 is 2.14 bits per heavy atom. The van der Waals surface area contributed by atoms with Crippen molar-refractivity contribution in [3.63, 3.8) is 0 Å². The Labute approximate surface area is 134 Å². The maximum atomic E-state index is 13.7. The molecule has 1 atom stereocenters. The Bertz CT molecular complexity index is 649. The van der Waals surface area contributed by atoms with Crippen molar-refractivity contribution < 1.29 is 22.3 Å². The summed E-state index contributed by atoms with van der Waals surface area (Å²) in [6.45, 7) is 0.0458. The second-order valence-corrected chi connectivity index (χ2v) is 6.69. The van der Waals surface area contributed by atoms with Gasteiger partial charge in [0.25, 0.3) is 0 Å². The van der Waals surface area contributed by atoms with Crippen molar-refractivity contribution in [2.24, 2.45) is 11.7 Å². The van der Waals surface area contributed by atoms with E-state index in [0.717, 1.165) is 32.1 Å². The molecule has 9 heteroatoms. The molecule has 3 N–H and O–H groups in total. The summed E-state index contributed by atoms with van der Waals surface area (Å²) >= 11 is 0. The van der Waals surface area contributed by atoms with E-state index in [9.17, 15) is 17.6 Å². The van der Waals surface area contributed by atoms with Crippen LogP contribution in [0.15, 0.2) is 23.1 Å². The van der Waals surface area contributed by atoms with E-state index in [-0.39, 0.29) is 25.0 Å². The topological polar surface area (TPSA) is 98.5 Å². The first-order valence-corrected chi connectivity index (χ1v) is 7.97. The average molecular weight is 353 g/mol. The molecule has 6 nitrogen and oxygen atoms in total. The standard InChI is InChI=1S/C13H17FN2O4S.ClH/c1-20-13(17)12-9(14)3-2-4-11(12)21(18,19)16-7-10(15)8-5-6-8;/h2-4,8,10,16H,5-7,15H2,1H3;1H. The van der Waals surface area contributed by atoms with Crippen molar-refractivity contribution in [2.75, 3.05) is 13.7 Å². The molecule has 0 aliphatic heterocycles. The SMILES string of the molecule is COC(=O)c1c(F)cccc1S(=O)(=O)NCC(N)C1CC1.Cl. The van der Waals surface area contributed by atoms with Crippen LogP contribution in [0.25, 0.3) is 0 Å². The van der Waals surface area contributed by atoms with Gasteiger partial charge in [0.15, 0.2) is 0 Å². The van der Waals surface area contributed by atoms with Crippen molar-refractivity contribution >= 4 is 28.4 Å². The molecule has 0 aromatic heterocycles. The van der Waals surface area contributed by atoms with Crippen molar-refractivity contribution in [1.29, 1.82) is 0 Å². The van der Waals surface area contributed by atoms with Crippen LogP contribution < -0.4 is 10.5 Å². The molecule has 0 heterocycles. The number of sulfonamides is 1. The van der Waals surface area contributed by atoms with Gasteiger partial charge in [-0.1, -0.05) is 6.07 Å². The number of benzene rings is 1. The number of nitrogens with two attached hydrogens (primary N) is 1. The van der Waals surface area contributed by atoms with Gasteiger partial charge in [-0.2, -0.15) is 0 Å². The number of carbonyl (C=O) groups excluding carboxylic acids is 1. The predicted octanol–water partition coefficient (Wildman–Crippen LogP) is 1.05. The molecule has 0 bridgehead atoms. The van der Waals surface area contributed by atoms with E-state index in [1.165, 1.54) is 6.07 Å². The minimum atomic E-state index is -4.04. The van der Waals surface area contributed by atoms with E-state index in [1.807, 2.05) is 0 Å². The number of hydrogen-bond donors (Lipinski definition) is 2. The summed E-state index contributed by atoms with van der Waals surface area (Å²) in [5.74, 6) is -1.67. The molecule has 1 aromatic rings. The Morgan fingerprint density at radius 1 is 1.50 bits per heavy atom. The van der Waals surface area contributed by atoms with Crippen molar-refractivity contribution in [3.05, 3.63) is 29.6 Å². The molecule has 0 saturated heterocycles. The van der Waals surface area contributed by atoms with Crippen LogP contribution in [0.5, 0.6) is 0 Å². The van der Waals surface area contributed by atoms with Crippen molar-refractivity contribution in [3.8, 4) is 0 Å². The molecule has 1 aromatic carbocycles. The highest BCUT2D eigenvalue weighted by atomic mass is 35.5. The van der Waals surface area contributed by atoms with Gasteiger partial charge in [0.1, 0.15) is 11.4 Å². The number of halogens is 2.